The molecule has 0 spiro atoms. The van der Waals surface area contributed by atoms with Gasteiger partial charge in [0.2, 0.25) is 12.7 Å². The molecule has 1 amide bonds. The van der Waals surface area contributed by atoms with Gasteiger partial charge in [-0.3, -0.25) is 9.69 Å². The number of amides is 1. The number of carbonyl (C=O) groups is 1. The van der Waals surface area contributed by atoms with Crippen molar-refractivity contribution in [3.05, 3.63) is 48.0 Å². The Morgan fingerprint density at radius 3 is 2.66 bits per heavy atom. The maximum Gasteiger partial charge on any atom is 0.234 e. The van der Waals surface area contributed by atoms with Gasteiger partial charge < -0.3 is 24.4 Å². The minimum absolute atomic E-state index is 0.0286. The van der Waals surface area contributed by atoms with Gasteiger partial charge in [0.1, 0.15) is 5.75 Å². The van der Waals surface area contributed by atoms with Gasteiger partial charge in [0.05, 0.1) is 25.4 Å². The first-order valence-electron chi connectivity index (χ1n) is 9.93. The van der Waals surface area contributed by atoms with Crippen molar-refractivity contribution >= 4 is 11.6 Å². The van der Waals surface area contributed by atoms with Crippen LogP contribution in [0, 0.1) is 0 Å². The molecule has 0 saturated carbocycles. The van der Waals surface area contributed by atoms with Gasteiger partial charge >= 0.3 is 0 Å². The van der Waals surface area contributed by atoms with Crippen LogP contribution in [0.15, 0.2) is 42.5 Å². The summed E-state index contributed by atoms with van der Waals surface area (Å²) in [5.74, 6) is 2.40. The monoisotopic (exact) mass is 397 g/mol. The number of fused-ring (bicyclic) bond motifs is 1. The molecule has 0 unspecified atom stereocenters. The molecule has 154 valence electrons. The van der Waals surface area contributed by atoms with E-state index in [-0.39, 0.29) is 18.7 Å². The first-order chi connectivity index (χ1) is 14.1. The average molecular weight is 397 g/mol. The zero-order chi connectivity index (χ0) is 20.2. The maximum atomic E-state index is 12.5. The van der Waals surface area contributed by atoms with E-state index in [1.165, 1.54) is 0 Å². The van der Waals surface area contributed by atoms with Crippen molar-refractivity contribution in [2.45, 2.75) is 13.0 Å². The molecular formula is C22H27N3O4. The van der Waals surface area contributed by atoms with Gasteiger partial charge in [0.25, 0.3) is 0 Å². The third-order valence-corrected chi connectivity index (χ3v) is 5.44. The van der Waals surface area contributed by atoms with E-state index in [1.54, 1.807) is 7.11 Å². The molecule has 0 aliphatic carbocycles. The smallest absolute Gasteiger partial charge is 0.234 e. The number of ether oxygens (including phenoxy) is 3. The van der Waals surface area contributed by atoms with Crippen LogP contribution in [0.5, 0.6) is 17.2 Å². The van der Waals surface area contributed by atoms with Gasteiger partial charge in [-0.15, -0.1) is 0 Å². The van der Waals surface area contributed by atoms with Crippen molar-refractivity contribution in [3.8, 4) is 17.2 Å². The Bertz CT molecular complexity index is 865. The van der Waals surface area contributed by atoms with Crippen molar-refractivity contribution in [3.63, 3.8) is 0 Å². The summed E-state index contributed by atoms with van der Waals surface area (Å²) in [6.07, 6.45) is 0. The van der Waals surface area contributed by atoms with E-state index in [4.69, 9.17) is 14.2 Å². The fourth-order valence-electron chi connectivity index (χ4n) is 3.79. The summed E-state index contributed by atoms with van der Waals surface area (Å²) >= 11 is 0. The molecule has 2 aliphatic rings. The summed E-state index contributed by atoms with van der Waals surface area (Å²) in [6, 6.07) is 13.7. The van der Waals surface area contributed by atoms with Crippen LogP contribution in [0.3, 0.4) is 0 Å². The highest BCUT2D eigenvalue weighted by Gasteiger charge is 2.22. The second kappa shape index (κ2) is 8.61. The number of carbonyl (C=O) groups excluding carboxylic acids is 1. The SMILES string of the molecule is COc1ccccc1N1CCN(CC(=O)N[C@@H](C)c2ccc3c(c2)OCO3)CC1. The number of nitrogens with zero attached hydrogens (tertiary/aromatic N) is 2. The summed E-state index contributed by atoms with van der Waals surface area (Å²) in [4.78, 5) is 17.0. The first kappa shape index (κ1) is 19.4. The lowest BCUT2D eigenvalue weighted by Gasteiger charge is -2.36. The average Bonchev–Trinajstić information content (AvgIpc) is 3.22. The Balaban J connectivity index is 1.27. The molecule has 1 N–H and O–H groups in total. The lowest BCUT2D eigenvalue weighted by Crippen LogP contribution is -2.49. The fourth-order valence-corrected chi connectivity index (χ4v) is 3.79. The molecule has 1 saturated heterocycles. The molecule has 1 atom stereocenters. The van der Waals surface area contributed by atoms with E-state index in [9.17, 15) is 4.79 Å². The van der Waals surface area contributed by atoms with Crippen molar-refractivity contribution in [1.29, 1.82) is 0 Å². The molecule has 0 aromatic heterocycles. The number of nitrogens with one attached hydrogen (secondary N) is 1. The van der Waals surface area contributed by atoms with Gasteiger partial charge in [-0.05, 0) is 36.8 Å². The van der Waals surface area contributed by atoms with Crippen molar-refractivity contribution in [1.82, 2.24) is 10.2 Å². The number of piperazine rings is 1. The summed E-state index contributed by atoms with van der Waals surface area (Å²) in [6.45, 7) is 6.04. The highest BCUT2D eigenvalue weighted by Crippen LogP contribution is 2.34. The first-order valence-corrected chi connectivity index (χ1v) is 9.93. The van der Waals surface area contributed by atoms with Gasteiger partial charge in [-0.1, -0.05) is 18.2 Å². The fraction of sp³-hybridized carbons (Fsp3) is 0.409. The zero-order valence-corrected chi connectivity index (χ0v) is 16.9. The highest BCUT2D eigenvalue weighted by molar-refractivity contribution is 5.78. The molecule has 0 radical (unpaired) electrons. The maximum absolute atomic E-state index is 12.5. The summed E-state index contributed by atoms with van der Waals surface area (Å²) in [5.41, 5.74) is 2.11. The second-order valence-corrected chi connectivity index (χ2v) is 7.34. The van der Waals surface area contributed by atoms with Gasteiger partial charge in [-0.25, -0.2) is 0 Å². The summed E-state index contributed by atoms with van der Waals surface area (Å²) < 4.78 is 16.2. The van der Waals surface area contributed by atoms with Crippen LogP contribution >= 0.6 is 0 Å². The van der Waals surface area contributed by atoms with Crippen LogP contribution in [0.1, 0.15) is 18.5 Å². The van der Waals surface area contributed by atoms with Crippen LogP contribution in [0.25, 0.3) is 0 Å². The highest BCUT2D eigenvalue weighted by atomic mass is 16.7. The predicted octanol–water partition coefficient (Wildman–Crippen LogP) is 2.42. The molecule has 1 fully saturated rings. The Morgan fingerprint density at radius 2 is 1.86 bits per heavy atom. The van der Waals surface area contributed by atoms with E-state index >= 15 is 0 Å². The molecule has 7 nitrogen and oxygen atoms in total. The third-order valence-electron chi connectivity index (χ3n) is 5.44. The van der Waals surface area contributed by atoms with Gasteiger partial charge in [-0.2, -0.15) is 0 Å². The van der Waals surface area contributed by atoms with Crippen LogP contribution < -0.4 is 24.4 Å². The number of hydrogen-bond acceptors (Lipinski definition) is 6. The standard InChI is InChI=1S/C22H27N3O4/c1-16(17-7-8-20-21(13-17)29-15-28-20)23-22(26)14-24-9-11-25(12-10-24)18-5-3-4-6-19(18)27-2/h3-8,13,16H,9-12,14-15H2,1-2H3,(H,23,26)/t16-/m0/s1. The number of benzene rings is 2. The molecule has 2 aromatic carbocycles. The number of anilines is 1. The molecule has 2 aliphatic heterocycles. The number of hydrogen-bond donors (Lipinski definition) is 1. The second-order valence-electron chi connectivity index (χ2n) is 7.34. The lowest BCUT2D eigenvalue weighted by molar-refractivity contribution is -0.123. The minimum Gasteiger partial charge on any atom is -0.495 e. The van der Waals surface area contributed by atoms with Crippen molar-refractivity contribution < 1.29 is 19.0 Å². The Kier molecular flexibility index (Phi) is 5.76. The van der Waals surface area contributed by atoms with Crippen LogP contribution in [0.2, 0.25) is 0 Å². The predicted molar refractivity (Wildman–Crippen MR) is 111 cm³/mol. The van der Waals surface area contributed by atoms with Crippen molar-refractivity contribution in [2.75, 3.05) is 51.5 Å². The van der Waals surface area contributed by atoms with E-state index in [1.807, 2.05) is 43.3 Å². The number of para-hydroxylation sites is 2. The zero-order valence-electron chi connectivity index (χ0n) is 16.9. The normalized spacial score (nSPS) is 17.1. The largest absolute Gasteiger partial charge is 0.495 e. The van der Waals surface area contributed by atoms with Gasteiger partial charge in [0.15, 0.2) is 11.5 Å². The minimum atomic E-state index is -0.0909. The summed E-state index contributed by atoms with van der Waals surface area (Å²) in [5, 5.41) is 3.09. The molecule has 7 heteroatoms. The molecule has 2 heterocycles. The van der Waals surface area contributed by atoms with Crippen LogP contribution in [-0.4, -0.2) is 57.4 Å². The number of methoxy groups -OCH3 is 1. The van der Waals surface area contributed by atoms with E-state index in [0.29, 0.717) is 6.54 Å². The van der Waals surface area contributed by atoms with Gasteiger partial charge in [0, 0.05) is 26.2 Å². The van der Waals surface area contributed by atoms with Crippen LogP contribution in [-0.2, 0) is 4.79 Å². The van der Waals surface area contributed by atoms with E-state index in [2.05, 4.69) is 21.2 Å². The number of rotatable bonds is 6. The van der Waals surface area contributed by atoms with Crippen LogP contribution in [0.4, 0.5) is 5.69 Å². The Morgan fingerprint density at radius 1 is 1.10 bits per heavy atom. The van der Waals surface area contributed by atoms with E-state index < -0.39 is 0 Å². The summed E-state index contributed by atoms with van der Waals surface area (Å²) in [7, 11) is 1.70. The Labute approximate surface area is 171 Å². The molecule has 4 rings (SSSR count). The van der Waals surface area contributed by atoms with E-state index in [0.717, 1.165) is 54.7 Å². The lowest BCUT2D eigenvalue weighted by atomic mass is 10.1. The Hall–Kier alpha value is -2.93. The quantitative estimate of drug-likeness (QED) is 0.808. The van der Waals surface area contributed by atoms with Crippen molar-refractivity contribution in [2.24, 2.45) is 0 Å². The molecule has 29 heavy (non-hydrogen) atoms. The molecule has 2 aromatic rings. The molecule has 0 bridgehead atoms. The molecular weight excluding hydrogens is 370 g/mol. The topological polar surface area (TPSA) is 63.3 Å². The third kappa shape index (κ3) is 4.40.